The molecular formula is C22H34O4Zn. The van der Waals surface area contributed by atoms with E-state index in [0.717, 1.165) is 25.7 Å². The number of carboxylic acid groups (broad SMARTS) is 2. The average Bonchev–Trinajstić information content (AvgIpc) is 2.60. The van der Waals surface area contributed by atoms with Gasteiger partial charge in [-0.15, -0.1) is 0 Å². The Bertz CT molecular complexity index is 422. The Morgan fingerprint density at radius 2 is 0.889 bits per heavy atom. The molecule has 0 aromatic heterocycles. The molecular weight excluding hydrogens is 394 g/mol. The van der Waals surface area contributed by atoms with Crippen LogP contribution in [-0.4, -0.2) is 11.9 Å². The third-order valence-corrected chi connectivity index (χ3v) is 3.69. The number of carboxylic acids is 2. The molecule has 0 bridgehead atoms. The third-order valence-electron chi connectivity index (χ3n) is 3.69. The van der Waals surface area contributed by atoms with Crippen molar-refractivity contribution in [2.24, 2.45) is 0 Å². The molecule has 0 aliphatic heterocycles. The van der Waals surface area contributed by atoms with Crippen LogP contribution in [0.2, 0.25) is 0 Å². The number of unbranched alkanes of at least 4 members (excludes halogenated alkanes) is 12. The van der Waals surface area contributed by atoms with Gasteiger partial charge >= 0.3 is 19.5 Å². The third kappa shape index (κ3) is 36.4. The first-order valence-electron chi connectivity index (χ1n) is 9.94. The van der Waals surface area contributed by atoms with E-state index in [-0.39, 0.29) is 19.5 Å². The van der Waals surface area contributed by atoms with Gasteiger partial charge in [0, 0.05) is 12.8 Å². The van der Waals surface area contributed by atoms with Gasteiger partial charge < -0.3 is 19.8 Å². The zero-order valence-corrected chi connectivity index (χ0v) is 20.2. The number of rotatable bonds is 12. The average molecular weight is 428 g/mol. The predicted octanol–water partition coefficient (Wildman–Crippen LogP) is 2.98. The van der Waals surface area contributed by atoms with Gasteiger partial charge in [0.2, 0.25) is 0 Å². The summed E-state index contributed by atoms with van der Waals surface area (Å²) in [5.74, 6) is 6.59. The fourth-order valence-electron chi connectivity index (χ4n) is 2.26. The van der Waals surface area contributed by atoms with Gasteiger partial charge in [0.05, 0.1) is 0 Å². The van der Waals surface area contributed by atoms with E-state index in [9.17, 15) is 19.8 Å². The summed E-state index contributed by atoms with van der Waals surface area (Å²) in [4.78, 5) is 19.8. The van der Waals surface area contributed by atoms with Crippen molar-refractivity contribution >= 4 is 11.9 Å². The fourth-order valence-corrected chi connectivity index (χ4v) is 2.26. The van der Waals surface area contributed by atoms with Crippen LogP contribution < -0.4 is 10.2 Å². The second kappa shape index (κ2) is 26.9. The van der Waals surface area contributed by atoms with Gasteiger partial charge in [-0.05, 0) is 24.7 Å². The van der Waals surface area contributed by atoms with E-state index in [2.05, 4.69) is 25.7 Å². The molecule has 0 rings (SSSR count). The maximum Gasteiger partial charge on any atom is 2.00 e. The van der Waals surface area contributed by atoms with Crippen LogP contribution in [0, 0.1) is 23.7 Å². The minimum absolute atomic E-state index is 0. The van der Waals surface area contributed by atoms with Crippen molar-refractivity contribution in [1.82, 2.24) is 0 Å². The molecule has 0 aromatic carbocycles. The van der Waals surface area contributed by atoms with Gasteiger partial charge in [-0.3, -0.25) is 0 Å². The van der Waals surface area contributed by atoms with Crippen LogP contribution in [0.1, 0.15) is 104 Å². The van der Waals surface area contributed by atoms with Crippen LogP contribution in [-0.2, 0) is 29.1 Å². The number of carbonyl (C=O) groups is 2. The van der Waals surface area contributed by atoms with Crippen LogP contribution in [0.3, 0.4) is 0 Å². The molecule has 0 N–H and O–H groups in total. The standard InChI is InChI=1S/2C11H18O2.Zn/c2*1-2-3-4-5-6-7-8-9-10-11(12)13;/h2*2-8H2,1H3,(H,12,13);/q;;+2/p-2. The van der Waals surface area contributed by atoms with Crippen molar-refractivity contribution in [2.75, 3.05) is 0 Å². The molecule has 0 aromatic rings. The van der Waals surface area contributed by atoms with Crippen molar-refractivity contribution in [3.05, 3.63) is 0 Å². The summed E-state index contributed by atoms with van der Waals surface area (Å²) in [7, 11) is 0. The minimum Gasteiger partial charge on any atom is -0.537 e. The van der Waals surface area contributed by atoms with Crippen molar-refractivity contribution in [2.45, 2.75) is 104 Å². The zero-order valence-electron chi connectivity index (χ0n) is 17.2. The van der Waals surface area contributed by atoms with Crippen LogP contribution in [0.25, 0.3) is 0 Å². The molecule has 0 radical (unpaired) electrons. The number of carbonyl (C=O) groups excluding carboxylic acids is 2. The van der Waals surface area contributed by atoms with Crippen LogP contribution in [0.15, 0.2) is 0 Å². The van der Waals surface area contributed by atoms with Crippen molar-refractivity contribution in [1.29, 1.82) is 0 Å². The molecule has 0 spiro atoms. The van der Waals surface area contributed by atoms with Crippen LogP contribution in [0.5, 0.6) is 0 Å². The Morgan fingerprint density at radius 1 is 0.593 bits per heavy atom. The van der Waals surface area contributed by atoms with E-state index >= 15 is 0 Å². The molecule has 27 heavy (non-hydrogen) atoms. The summed E-state index contributed by atoms with van der Waals surface area (Å²) in [6.45, 7) is 4.37. The van der Waals surface area contributed by atoms with Gasteiger partial charge in [0.25, 0.3) is 0 Å². The van der Waals surface area contributed by atoms with Gasteiger partial charge in [0.15, 0.2) is 0 Å². The Hall–Kier alpha value is -1.32. The van der Waals surface area contributed by atoms with Crippen molar-refractivity contribution in [3.63, 3.8) is 0 Å². The van der Waals surface area contributed by atoms with E-state index in [1.807, 2.05) is 11.8 Å². The topological polar surface area (TPSA) is 80.3 Å². The largest absolute Gasteiger partial charge is 2.00 e. The molecule has 0 amide bonds. The van der Waals surface area contributed by atoms with Gasteiger partial charge in [-0.1, -0.05) is 89.9 Å². The van der Waals surface area contributed by atoms with Gasteiger partial charge in [-0.25, -0.2) is 0 Å². The van der Waals surface area contributed by atoms with Gasteiger partial charge in [-0.2, -0.15) is 0 Å². The first-order chi connectivity index (χ1) is 12.5. The Morgan fingerprint density at radius 3 is 1.19 bits per heavy atom. The normalized spacial score (nSPS) is 8.67. The molecule has 0 atom stereocenters. The number of aliphatic carboxylic acids is 2. The summed E-state index contributed by atoms with van der Waals surface area (Å²) < 4.78 is 0. The van der Waals surface area contributed by atoms with E-state index in [4.69, 9.17) is 0 Å². The molecule has 0 fully saturated rings. The van der Waals surface area contributed by atoms with E-state index in [1.165, 1.54) is 51.4 Å². The fraction of sp³-hybridized carbons (Fsp3) is 0.727. The van der Waals surface area contributed by atoms with E-state index in [0.29, 0.717) is 12.8 Å². The first-order valence-corrected chi connectivity index (χ1v) is 9.94. The molecule has 0 unspecified atom stereocenters. The number of hydrogen-bond donors (Lipinski definition) is 0. The van der Waals surface area contributed by atoms with E-state index < -0.39 is 11.9 Å². The zero-order chi connectivity index (χ0) is 19.9. The summed E-state index contributed by atoms with van der Waals surface area (Å²) in [6, 6.07) is 0. The van der Waals surface area contributed by atoms with Crippen LogP contribution >= 0.6 is 0 Å². The molecule has 0 saturated carbocycles. The van der Waals surface area contributed by atoms with Crippen molar-refractivity contribution < 1.29 is 39.3 Å². The molecule has 0 saturated heterocycles. The summed E-state index contributed by atoms with van der Waals surface area (Å²) in [5.41, 5.74) is 0. The Balaban J connectivity index is -0.000000411. The molecule has 0 aliphatic carbocycles. The second-order valence-corrected chi connectivity index (χ2v) is 6.21. The summed E-state index contributed by atoms with van der Waals surface area (Å²) in [6.07, 6.45) is 15.8. The molecule has 148 valence electrons. The second-order valence-electron chi connectivity index (χ2n) is 6.21. The summed E-state index contributed by atoms with van der Waals surface area (Å²) >= 11 is 0. The van der Waals surface area contributed by atoms with E-state index in [1.54, 1.807) is 0 Å². The first kappa shape index (κ1) is 30.4. The van der Waals surface area contributed by atoms with Gasteiger partial charge in [0.1, 0.15) is 11.9 Å². The molecule has 4 nitrogen and oxygen atoms in total. The summed E-state index contributed by atoms with van der Waals surface area (Å²) in [5, 5.41) is 19.8. The van der Waals surface area contributed by atoms with Crippen LogP contribution in [0.4, 0.5) is 0 Å². The number of hydrogen-bond acceptors (Lipinski definition) is 4. The maximum absolute atomic E-state index is 9.89. The SMILES string of the molecule is CCCCCCCCC#CC(=O)[O-].CCCCCCCCC#CC(=O)[O-].[Zn+2]. The molecule has 0 aliphatic rings. The Labute approximate surface area is 178 Å². The quantitative estimate of drug-likeness (QED) is 0.272. The Kier molecular flexibility index (Phi) is 30.3. The predicted molar refractivity (Wildman–Crippen MR) is 102 cm³/mol. The molecule has 5 heteroatoms. The van der Waals surface area contributed by atoms with Crippen molar-refractivity contribution in [3.8, 4) is 23.7 Å². The monoisotopic (exact) mass is 426 g/mol. The molecule has 0 heterocycles. The smallest absolute Gasteiger partial charge is 0.537 e. The maximum atomic E-state index is 9.89. The minimum atomic E-state index is -1.27.